The summed E-state index contributed by atoms with van der Waals surface area (Å²) in [5, 5.41) is 3.63. The van der Waals surface area contributed by atoms with Crippen molar-refractivity contribution < 1.29 is 14.3 Å². The topological polar surface area (TPSA) is 96.6 Å². The molecular weight excluding hydrogens is 372 g/mol. The molecule has 1 atom stereocenters. The second-order valence-electron chi connectivity index (χ2n) is 6.24. The molecule has 0 spiro atoms. The summed E-state index contributed by atoms with van der Waals surface area (Å²) < 4.78 is 10.5. The monoisotopic (exact) mass is 396 g/mol. The first-order valence-electron chi connectivity index (χ1n) is 8.74. The number of halogens is 1. The first-order chi connectivity index (χ1) is 12.6. The number of nitrogens with one attached hydrogen (secondary N) is 2. The van der Waals surface area contributed by atoms with E-state index in [1.165, 1.54) is 14.2 Å². The minimum Gasteiger partial charge on any atom is -0.493 e. The quantitative estimate of drug-likeness (QED) is 0.767. The summed E-state index contributed by atoms with van der Waals surface area (Å²) in [5.74, 6) is 1.46. The van der Waals surface area contributed by atoms with Crippen LogP contribution in [0.4, 0.5) is 0 Å². The van der Waals surface area contributed by atoms with Crippen LogP contribution in [0.2, 0.25) is 0 Å². The van der Waals surface area contributed by atoms with Gasteiger partial charge in [-0.1, -0.05) is 0 Å². The van der Waals surface area contributed by atoms with Crippen molar-refractivity contribution >= 4 is 29.2 Å². The van der Waals surface area contributed by atoms with Gasteiger partial charge in [-0.05, 0) is 32.4 Å². The predicted molar refractivity (Wildman–Crippen MR) is 105 cm³/mol. The summed E-state index contributed by atoms with van der Waals surface area (Å²) >= 11 is 0. The summed E-state index contributed by atoms with van der Waals surface area (Å²) in [5.41, 5.74) is 0.234. The Hall–Kier alpha value is -2.32. The lowest BCUT2D eigenvalue weighted by Gasteiger charge is -2.23. The Morgan fingerprint density at radius 1 is 1.30 bits per heavy atom. The van der Waals surface area contributed by atoms with Gasteiger partial charge in [0, 0.05) is 12.6 Å². The van der Waals surface area contributed by atoms with Crippen molar-refractivity contribution in [2.24, 2.45) is 0 Å². The van der Waals surface area contributed by atoms with Gasteiger partial charge >= 0.3 is 0 Å². The number of nitrogens with zero attached hydrogens (tertiary/aromatic N) is 2. The number of hydrogen-bond acceptors (Lipinski definition) is 6. The molecular formula is C18H25ClN4O4. The fourth-order valence-electron chi connectivity index (χ4n) is 3.23. The maximum Gasteiger partial charge on any atom is 0.258 e. The third-order valence-electron chi connectivity index (χ3n) is 4.65. The zero-order valence-corrected chi connectivity index (χ0v) is 16.5. The predicted octanol–water partition coefficient (Wildman–Crippen LogP) is 1.46. The maximum atomic E-state index is 12.6. The van der Waals surface area contributed by atoms with E-state index in [-0.39, 0.29) is 36.5 Å². The van der Waals surface area contributed by atoms with Gasteiger partial charge in [-0.2, -0.15) is 0 Å². The molecule has 2 heterocycles. The Morgan fingerprint density at radius 2 is 2.00 bits per heavy atom. The Labute approximate surface area is 163 Å². The van der Waals surface area contributed by atoms with Crippen molar-refractivity contribution in [2.75, 3.05) is 27.3 Å². The number of benzene rings is 1. The molecule has 0 radical (unpaired) electrons. The van der Waals surface area contributed by atoms with E-state index in [0.717, 1.165) is 19.4 Å². The van der Waals surface area contributed by atoms with Crippen LogP contribution in [0.1, 0.15) is 25.6 Å². The fraction of sp³-hybridized carbons (Fsp3) is 0.500. The molecule has 1 fully saturated rings. The average Bonchev–Trinajstić information content (AvgIpc) is 3.19. The van der Waals surface area contributed by atoms with E-state index in [2.05, 4.69) is 15.3 Å². The molecule has 148 valence electrons. The third kappa shape index (κ3) is 4.33. The second-order valence-corrected chi connectivity index (χ2v) is 6.24. The van der Waals surface area contributed by atoms with Crippen LogP contribution >= 0.6 is 12.4 Å². The molecule has 8 nitrogen and oxygen atoms in total. The number of ether oxygens (including phenoxy) is 2. The average molecular weight is 397 g/mol. The van der Waals surface area contributed by atoms with Crippen molar-refractivity contribution in [3.05, 3.63) is 28.3 Å². The number of rotatable bonds is 6. The summed E-state index contributed by atoms with van der Waals surface area (Å²) in [4.78, 5) is 34.1. The molecule has 2 N–H and O–H groups in total. The lowest BCUT2D eigenvalue weighted by Crippen LogP contribution is -2.43. The van der Waals surface area contributed by atoms with Crippen molar-refractivity contribution in [1.82, 2.24) is 20.2 Å². The van der Waals surface area contributed by atoms with Gasteiger partial charge in [-0.15, -0.1) is 12.4 Å². The highest BCUT2D eigenvalue weighted by Crippen LogP contribution is 2.29. The molecule has 3 rings (SSSR count). The number of carbonyl (C=O) groups is 1. The van der Waals surface area contributed by atoms with Crippen LogP contribution in [0, 0.1) is 0 Å². The van der Waals surface area contributed by atoms with Gasteiger partial charge in [0.1, 0.15) is 5.82 Å². The number of carbonyl (C=O) groups excluding carboxylic acids is 1. The lowest BCUT2D eigenvalue weighted by molar-refractivity contribution is -0.133. The van der Waals surface area contributed by atoms with Gasteiger partial charge in [-0.3, -0.25) is 9.59 Å². The molecule has 1 amide bonds. The van der Waals surface area contributed by atoms with E-state index in [9.17, 15) is 9.59 Å². The molecule has 1 aromatic heterocycles. The van der Waals surface area contributed by atoms with Gasteiger partial charge in [0.15, 0.2) is 11.5 Å². The number of hydrogen-bond donors (Lipinski definition) is 2. The molecule has 1 unspecified atom stereocenters. The summed E-state index contributed by atoms with van der Waals surface area (Å²) in [6, 6.07) is 3.13. The number of amides is 1. The van der Waals surface area contributed by atoms with E-state index < -0.39 is 0 Å². The molecule has 27 heavy (non-hydrogen) atoms. The van der Waals surface area contributed by atoms with Gasteiger partial charge in [0.05, 0.1) is 37.7 Å². The third-order valence-corrected chi connectivity index (χ3v) is 4.65. The fourth-order valence-corrected chi connectivity index (χ4v) is 3.23. The number of fused-ring (bicyclic) bond motifs is 1. The zero-order chi connectivity index (χ0) is 18.7. The van der Waals surface area contributed by atoms with Gasteiger partial charge in [-0.25, -0.2) is 4.98 Å². The van der Waals surface area contributed by atoms with Crippen LogP contribution in [0.5, 0.6) is 11.5 Å². The molecule has 1 saturated heterocycles. The largest absolute Gasteiger partial charge is 0.493 e. The zero-order valence-electron chi connectivity index (χ0n) is 15.7. The molecule has 9 heteroatoms. The first kappa shape index (κ1) is 21.0. The molecule has 0 aliphatic carbocycles. The summed E-state index contributed by atoms with van der Waals surface area (Å²) in [6.45, 7) is 3.58. The smallest absolute Gasteiger partial charge is 0.258 e. The highest BCUT2D eigenvalue weighted by molar-refractivity contribution is 5.85. The number of methoxy groups -OCH3 is 2. The highest BCUT2D eigenvalue weighted by atomic mass is 35.5. The minimum atomic E-state index is -0.270. The Balaban J connectivity index is 0.00000261. The molecule has 0 bridgehead atoms. The van der Waals surface area contributed by atoms with Crippen LogP contribution in [0.25, 0.3) is 10.9 Å². The SMILES string of the molecule is CCN(Cc1nc2cc(OC)c(OC)cc2c(=O)[nH]1)C(=O)C1CCCN1.Cl. The highest BCUT2D eigenvalue weighted by Gasteiger charge is 2.26. The number of likely N-dealkylation sites (N-methyl/N-ethyl adjacent to an activating group) is 1. The molecule has 1 aromatic carbocycles. The normalized spacial score (nSPS) is 16.0. The van der Waals surface area contributed by atoms with Crippen LogP contribution in [-0.2, 0) is 11.3 Å². The molecule has 0 saturated carbocycles. The van der Waals surface area contributed by atoms with E-state index in [0.29, 0.717) is 34.8 Å². The summed E-state index contributed by atoms with van der Waals surface area (Å²) in [6.07, 6.45) is 1.84. The minimum absolute atomic E-state index is 0. The van der Waals surface area contributed by atoms with E-state index in [4.69, 9.17) is 9.47 Å². The lowest BCUT2D eigenvalue weighted by atomic mass is 10.2. The second kappa shape index (κ2) is 9.05. The van der Waals surface area contributed by atoms with Crippen molar-refractivity contribution in [2.45, 2.75) is 32.4 Å². The van der Waals surface area contributed by atoms with Crippen molar-refractivity contribution in [3.8, 4) is 11.5 Å². The van der Waals surface area contributed by atoms with E-state index in [1.807, 2.05) is 6.92 Å². The Bertz CT molecular complexity index is 864. The standard InChI is InChI=1S/C18H24N4O4.ClH/c1-4-22(18(24)12-6-5-7-19-12)10-16-20-13-9-15(26-3)14(25-2)8-11(13)17(23)21-16;/h8-9,12,19H,4-7,10H2,1-3H3,(H,20,21,23);1H. The van der Waals surface area contributed by atoms with Gasteiger partial charge in [0.25, 0.3) is 5.56 Å². The van der Waals surface area contributed by atoms with E-state index in [1.54, 1.807) is 17.0 Å². The van der Waals surface area contributed by atoms with Crippen LogP contribution in [0.15, 0.2) is 16.9 Å². The van der Waals surface area contributed by atoms with Gasteiger partial charge < -0.3 is 24.7 Å². The number of H-pyrrole nitrogens is 1. The Kier molecular flexibility index (Phi) is 7.04. The van der Waals surface area contributed by atoms with Crippen LogP contribution < -0.4 is 20.3 Å². The van der Waals surface area contributed by atoms with Crippen LogP contribution in [-0.4, -0.2) is 54.1 Å². The number of aromatic amines is 1. The van der Waals surface area contributed by atoms with E-state index >= 15 is 0 Å². The van der Waals surface area contributed by atoms with Gasteiger partial charge in [0.2, 0.25) is 5.91 Å². The molecule has 2 aromatic rings. The van der Waals surface area contributed by atoms with Crippen LogP contribution in [0.3, 0.4) is 0 Å². The van der Waals surface area contributed by atoms with Crippen molar-refractivity contribution in [1.29, 1.82) is 0 Å². The first-order valence-corrected chi connectivity index (χ1v) is 8.74. The number of aromatic nitrogens is 2. The summed E-state index contributed by atoms with van der Waals surface area (Å²) in [7, 11) is 3.05. The molecule has 1 aliphatic heterocycles. The molecule has 1 aliphatic rings. The Morgan fingerprint density at radius 3 is 2.59 bits per heavy atom. The maximum absolute atomic E-state index is 12.6. The van der Waals surface area contributed by atoms with Crippen molar-refractivity contribution in [3.63, 3.8) is 0 Å².